The van der Waals surface area contributed by atoms with Gasteiger partial charge in [0.2, 0.25) is 6.33 Å². The molecule has 39 heavy (non-hydrogen) atoms. The van der Waals surface area contributed by atoms with Crippen LogP contribution in [0.3, 0.4) is 0 Å². The van der Waals surface area contributed by atoms with Gasteiger partial charge in [-0.3, -0.25) is 0 Å². The number of imidazole rings is 1. The van der Waals surface area contributed by atoms with E-state index >= 15 is 0 Å². The lowest BCUT2D eigenvalue weighted by atomic mass is 9.87. The molecule has 0 aliphatic rings. The summed E-state index contributed by atoms with van der Waals surface area (Å²) in [6.45, 7) is 22.2. The highest BCUT2D eigenvalue weighted by Gasteiger charge is 2.12. The average molecular weight is 527 g/mol. The molecule has 0 atom stereocenters. The van der Waals surface area contributed by atoms with Gasteiger partial charge in [-0.15, -0.1) is 0 Å². The van der Waals surface area contributed by atoms with Crippen LogP contribution in [0.2, 0.25) is 0 Å². The van der Waals surface area contributed by atoms with E-state index < -0.39 is 0 Å². The van der Waals surface area contributed by atoms with Gasteiger partial charge in [-0.1, -0.05) is 109 Å². The van der Waals surface area contributed by atoms with Gasteiger partial charge in [0.25, 0.3) is 0 Å². The van der Waals surface area contributed by atoms with E-state index in [2.05, 4.69) is 148 Å². The third-order valence-electron chi connectivity index (χ3n) is 6.63. The summed E-state index contributed by atoms with van der Waals surface area (Å²) in [5.41, 5.74) is 6.08. The maximum absolute atomic E-state index is 3.87. The molecular formula is C36H52N3+. The zero-order valence-corrected chi connectivity index (χ0v) is 25.6. The Kier molecular flexibility index (Phi) is 13.6. The summed E-state index contributed by atoms with van der Waals surface area (Å²) in [7, 11) is 0. The van der Waals surface area contributed by atoms with Crippen LogP contribution >= 0.6 is 0 Å². The Morgan fingerprint density at radius 3 is 2.21 bits per heavy atom. The van der Waals surface area contributed by atoms with Gasteiger partial charge in [0, 0.05) is 6.54 Å². The number of rotatable bonds is 12. The summed E-state index contributed by atoms with van der Waals surface area (Å²) in [4.78, 5) is 2.12. The van der Waals surface area contributed by atoms with E-state index in [1.807, 2.05) is 19.2 Å². The lowest BCUT2D eigenvalue weighted by Gasteiger charge is -2.21. The fraction of sp³-hybridized carbons (Fsp3) is 0.417. The average Bonchev–Trinajstić information content (AvgIpc) is 3.35. The molecule has 210 valence electrons. The van der Waals surface area contributed by atoms with E-state index in [1.165, 1.54) is 28.7 Å². The van der Waals surface area contributed by atoms with Gasteiger partial charge in [0.15, 0.2) is 0 Å². The first-order valence-corrected chi connectivity index (χ1v) is 14.5. The minimum absolute atomic E-state index is 0.383. The van der Waals surface area contributed by atoms with Gasteiger partial charge in [0.05, 0.1) is 0 Å². The van der Waals surface area contributed by atoms with Crippen molar-refractivity contribution in [3.8, 4) is 0 Å². The standard InChI is InChI=1S/C18H25N2.C18H27N/c1-4-17-9-5-6-10-18(17)14-20-13-12-19(15-20)11-7-8-16(2)3;1-6-14-19(7-2)15-17-11-9-8-10-16(17)12-13-18(3,4)5/h5-10,12-13,15-16H,4,11,14H2,1-3H3;6-11,14H,2,12-13,15H2,1,3-5H3/q+1;/b8-7+;14-6-. The molecular weight excluding hydrogens is 474 g/mol. The van der Waals surface area contributed by atoms with Crippen LogP contribution in [-0.2, 0) is 32.5 Å². The minimum Gasteiger partial charge on any atom is -0.351 e. The molecule has 0 spiro atoms. The maximum Gasteiger partial charge on any atom is 0.244 e. The van der Waals surface area contributed by atoms with Crippen LogP contribution in [0.4, 0.5) is 0 Å². The van der Waals surface area contributed by atoms with Crippen LogP contribution in [0.15, 0.2) is 104 Å². The van der Waals surface area contributed by atoms with Crippen LogP contribution in [0.1, 0.15) is 77.1 Å². The fourth-order valence-electron chi connectivity index (χ4n) is 4.38. The summed E-state index contributed by atoms with van der Waals surface area (Å²) >= 11 is 0. The smallest absolute Gasteiger partial charge is 0.244 e. The summed E-state index contributed by atoms with van der Waals surface area (Å²) < 4.78 is 4.46. The van der Waals surface area contributed by atoms with Gasteiger partial charge < -0.3 is 4.90 Å². The Balaban J connectivity index is 0.000000274. The molecule has 3 aromatic rings. The minimum atomic E-state index is 0.383. The monoisotopic (exact) mass is 526 g/mol. The second kappa shape index (κ2) is 16.6. The van der Waals surface area contributed by atoms with Crippen molar-refractivity contribution < 1.29 is 4.57 Å². The second-order valence-corrected chi connectivity index (χ2v) is 11.7. The zero-order chi connectivity index (χ0) is 28.7. The molecule has 0 aliphatic heterocycles. The molecule has 0 amide bonds. The van der Waals surface area contributed by atoms with Crippen LogP contribution in [0, 0.1) is 11.3 Å². The summed E-state index contributed by atoms with van der Waals surface area (Å²) in [5.74, 6) is 0.620. The Morgan fingerprint density at radius 2 is 1.62 bits per heavy atom. The van der Waals surface area contributed by atoms with E-state index in [0.29, 0.717) is 11.3 Å². The van der Waals surface area contributed by atoms with E-state index in [9.17, 15) is 0 Å². The number of benzene rings is 2. The highest BCUT2D eigenvalue weighted by molar-refractivity contribution is 5.28. The molecule has 3 nitrogen and oxygen atoms in total. The second-order valence-electron chi connectivity index (χ2n) is 11.7. The summed E-state index contributed by atoms with van der Waals surface area (Å²) in [6.07, 6.45) is 20.4. The molecule has 0 fully saturated rings. The van der Waals surface area contributed by atoms with Gasteiger partial charge in [-0.25, -0.2) is 9.13 Å². The van der Waals surface area contributed by atoms with Crippen molar-refractivity contribution in [2.75, 3.05) is 0 Å². The molecule has 0 saturated heterocycles. The lowest BCUT2D eigenvalue weighted by molar-refractivity contribution is -0.687. The highest BCUT2D eigenvalue weighted by atomic mass is 15.1. The van der Waals surface area contributed by atoms with Crippen molar-refractivity contribution in [2.24, 2.45) is 11.3 Å². The van der Waals surface area contributed by atoms with Crippen molar-refractivity contribution in [2.45, 2.75) is 87.4 Å². The molecule has 0 radical (unpaired) electrons. The molecule has 0 N–H and O–H groups in total. The van der Waals surface area contributed by atoms with Gasteiger partial charge in [-0.05, 0) is 78.2 Å². The van der Waals surface area contributed by atoms with Crippen molar-refractivity contribution in [3.05, 3.63) is 127 Å². The third kappa shape index (κ3) is 12.4. The molecule has 1 heterocycles. The lowest BCUT2D eigenvalue weighted by Crippen LogP contribution is -2.32. The highest BCUT2D eigenvalue weighted by Crippen LogP contribution is 2.23. The molecule has 0 aliphatic carbocycles. The Hall–Kier alpha value is -3.33. The van der Waals surface area contributed by atoms with Crippen molar-refractivity contribution in [3.63, 3.8) is 0 Å². The molecule has 0 bridgehead atoms. The fourth-order valence-corrected chi connectivity index (χ4v) is 4.38. The molecule has 2 aromatic carbocycles. The van der Waals surface area contributed by atoms with Crippen LogP contribution in [0.25, 0.3) is 0 Å². The zero-order valence-electron chi connectivity index (χ0n) is 25.6. The number of aryl methyl sites for hydroxylation is 2. The summed E-state index contributed by atoms with van der Waals surface area (Å²) in [6, 6.07) is 17.4. The van der Waals surface area contributed by atoms with Crippen molar-refractivity contribution in [1.82, 2.24) is 9.47 Å². The Labute approximate surface area is 239 Å². The predicted molar refractivity (Wildman–Crippen MR) is 168 cm³/mol. The van der Waals surface area contributed by atoms with Crippen molar-refractivity contribution in [1.29, 1.82) is 0 Å². The van der Waals surface area contributed by atoms with Crippen LogP contribution in [-0.4, -0.2) is 9.47 Å². The normalized spacial score (nSPS) is 11.7. The summed E-state index contributed by atoms with van der Waals surface area (Å²) in [5, 5.41) is 0. The predicted octanol–water partition coefficient (Wildman–Crippen LogP) is 8.74. The maximum atomic E-state index is 3.87. The Bertz CT molecular complexity index is 1170. The third-order valence-corrected chi connectivity index (χ3v) is 6.63. The van der Waals surface area contributed by atoms with Gasteiger partial charge in [0.1, 0.15) is 25.5 Å². The number of allylic oxidation sites excluding steroid dienone is 3. The van der Waals surface area contributed by atoms with E-state index in [0.717, 1.165) is 32.5 Å². The first-order valence-electron chi connectivity index (χ1n) is 14.5. The Morgan fingerprint density at radius 1 is 0.974 bits per heavy atom. The largest absolute Gasteiger partial charge is 0.351 e. The van der Waals surface area contributed by atoms with Crippen LogP contribution < -0.4 is 4.57 Å². The molecule has 0 saturated carbocycles. The van der Waals surface area contributed by atoms with E-state index in [4.69, 9.17) is 0 Å². The van der Waals surface area contributed by atoms with E-state index in [1.54, 1.807) is 0 Å². The molecule has 1 aromatic heterocycles. The number of hydrogen-bond acceptors (Lipinski definition) is 1. The quantitative estimate of drug-likeness (QED) is 0.170. The van der Waals surface area contributed by atoms with Gasteiger partial charge >= 0.3 is 0 Å². The topological polar surface area (TPSA) is 12.1 Å². The van der Waals surface area contributed by atoms with Crippen LogP contribution in [0.5, 0.6) is 0 Å². The molecule has 0 unspecified atom stereocenters. The first kappa shape index (κ1) is 31.9. The molecule has 3 heteroatoms. The molecule has 3 rings (SSSR count). The number of nitrogens with zero attached hydrogens (tertiary/aromatic N) is 3. The first-order chi connectivity index (χ1) is 18.6. The van der Waals surface area contributed by atoms with Gasteiger partial charge in [-0.2, -0.15) is 0 Å². The number of hydrogen-bond donors (Lipinski definition) is 0. The number of aromatic nitrogens is 2. The van der Waals surface area contributed by atoms with E-state index in [-0.39, 0.29) is 0 Å². The van der Waals surface area contributed by atoms with Crippen molar-refractivity contribution >= 4 is 0 Å². The SMILES string of the molecule is C=CN(/C=C\C)Cc1ccccc1CCC(C)(C)C.CCc1ccccc1C[n+]1ccn(C/C=C/C(C)C)c1.